The molecular weight excluding hydrogens is 356 g/mol. The van der Waals surface area contributed by atoms with Crippen molar-refractivity contribution in [1.82, 2.24) is 15.1 Å². The van der Waals surface area contributed by atoms with Crippen LogP contribution in [0, 0.1) is 0 Å². The standard InChI is InChI=1S/C21H32N4O3/c1-17-16-25(18-6-3-4-7-19(18)28-17)21(27)9-8-20(26)22-10-5-11-24-14-12-23(2)13-15-24/h3-4,6-7,17H,5,8-16H2,1-2H3,(H,22,26)/t17-/m1/s1. The average molecular weight is 389 g/mol. The molecule has 0 spiro atoms. The highest BCUT2D eigenvalue weighted by molar-refractivity contribution is 5.97. The molecule has 1 fully saturated rings. The number of ether oxygens (including phenoxy) is 1. The summed E-state index contributed by atoms with van der Waals surface area (Å²) >= 11 is 0. The van der Waals surface area contributed by atoms with Gasteiger partial charge in [-0.05, 0) is 39.1 Å². The number of fused-ring (bicyclic) bond motifs is 1. The van der Waals surface area contributed by atoms with Gasteiger partial charge in [-0.2, -0.15) is 0 Å². The number of nitrogens with one attached hydrogen (secondary N) is 1. The van der Waals surface area contributed by atoms with E-state index in [1.165, 1.54) is 0 Å². The fourth-order valence-electron chi connectivity index (χ4n) is 3.67. The van der Waals surface area contributed by atoms with Gasteiger partial charge in [0.05, 0.1) is 12.2 Å². The number of piperazine rings is 1. The van der Waals surface area contributed by atoms with Gasteiger partial charge >= 0.3 is 0 Å². The first kappa shape index (κ1) is 20.6. The topological polar surface area (TPSA) is 65.1 Å². The Balaban J connectivity index is 1.36. The van der Waals surface area contributed by atoms with Crippen LogP contribution in [0.25, 0.3) is 0 Å². The molecule has 2 aliphatic heterocycles. The molecular formula is C21H32N4O3. The zero-order valence-corrected chi connectivity index (χ0v) is 17.0. The Morgan fingerprint density at radius 2 is 1.89 bits per heavy atom. The third-order valence-corrected chi connectivity index (χ3v) is 5.36. The van der Waals surface area contributed by atoms with Crippen molar-refractivity contribution in [3.05, 3.63) is 24.3 Å². The monoisotopic (exact) mass is 388 g/mol. The highest BCUT2D eigenvalue weighted by Crippen LogP contribution is 2.33. The number of carbonyl (C=O) groups excluding carboxylic acids is 2. The number of likely N-dealkylation sites (N-methyl/N-ethyl adjacent to an activating group) is 1. The Hall–Kier alpha value is -2.12. The minimum Gasteiger partial charge on any atom is -0.487 e. The van der Waals surface area contributed by atoms with Crippen molar-refractivity contribution >= 4 is 17.5 Å². The number of nitrogens with zero attached hydrogens (tertiary/aromatic N) is 3. The lowest BCUT2D eigenvalue weighted by molar-refractivity contribution is -0.125. The summed E-state index contributed by atoms with van der Waals surface area (Å²) in [4.78, 5) is 31.3. The van der Waals surface area contributed by atoms with Crippen molar-refractivity contribution in [2.75, 3.05) is 57.8 Å². The van der Waals surface area contributed by atoms with Crippen molar-refractivity contribution in [1.29, 1.82) is 0 Å². The molecule has 0 bridgehead atoms. The Labute approximate surface area is 167 Å². The molecule has 1 atom stereocenters. The number of para-hydroxylation sites is 2. The largest absolute Gasteiger partial charge is 0.487 e. The molecule has 1 N–H and O–H groups in total. The van der Waals surface area contributed by atoms with Crippen LogP contribution in [0.5, 0.6) is 5.75 Å². The summed E-state index contributed by atoms with van der Waals surface area (Å²) in [5, 5.41) is 2.95. The number of anilines is 1. The van der Waals surface area contributed by atoms with E-state index < -0.39 is 0 Å². The first-order valence-electron chi connectivity index (χ1n) is 10.3. The van der Waals surface area contributed by atoms with Gasteiger partial charge in [0.15, 0.2) is 0 Å². The summed E-state index contributed by atoms with van der Waals surface area (Å²) < 4.78 is 5.78. The molecule has 2 aliphatic rings. The summed E-state index contributed by atoms with van der Waals surface area (Å²) in [6.07, 6.45) is 1.33. The highest BCUT2D eigenvalue weighted by atomic mass is 16.5. The maximum Gasteiger partial charge on any atom is 0.227 e. The van der Waals surface area contributed by atoms with E-state index in [4.69, 9.17) is 4.74 Å². The molecule has 154 valence electrons. The van der Waals surface area contributed by atoms with Crippen LogP contribution in [0.1, 0.15) is 26.2 Å². The van der Waals surface area contributed by atoms with Gasteiger partial charge in [-0.3, -0.25) is 9.59 Å². The molecule has 1 saturated heterocycles. The van der Waals surface area contributed by atoms with Crippen molar-refractivity contribution in [3.63, 3.8) is 0 Å². The number of hydrogen-bond acceptors (Lipinski definition) is 5. The predicted octanol–water partition coefficient (Wildman–Crippen LogP) is 1.33. The quantitative estimate of drug-likeness (QED) is 0.714. The fourth-order valence-corrected chi connectivity index (χ4v) is 3.67. The summed E-state index contributed by atoms with van der Waals surface area (Å²) in [7, 11) is 2.15. The van der Waals surface area contributed by atoms with Gasteiger partial charge in [0.1, 0.15) is 11.9 Å². The summed E-state index contributed by atoms with van der Waals surface area (Å²) in [6, 6.07) is 7.55. The van der Waals surface area contributed by atoms with Gasteiger partial charge in [0.2, 0.25) is 11.8 Å². The van der Waals surface area contributed by atoms with Gasteiger partial charge in [-0.25, -0.2) is 0 Å². The molecule has 7 heteroatoms. The maximum absolute atomic E-state index is 12.7. The molecule has 0 aromatic heterocycles. The lowest BCUT2D eigenvalue weighted by Crippen LogP contribution is -2.45. The molecule has 1 aromatic carbocycles. The SMILES string of the molecule is C[C@@H]1CN(C(=O)CCC(=O)NCCCN2CCN(C)CC2)c2ccccc2O1. The molecule has 28 heavy (non-hydrogen) atoms. The van der Waals surface area contributed by atoms with Crippen LogP contribution in [0.3, 0.4) is 0 Å². The summed E-state index contributed by atoms with van der Waals surface area (Å²) in [5.74, 6) is 0.638. The van der Waals surface area contributed by atoms with Crippen molar-refractivity contribution in [2.45, 2.75) is 32.3 Å². The van der Waals surface area contributed by atoms with Gasteiger partial charge in [0.25, 0.3) is 0 Å². The number of carbonyl (C=O) groups is 2. The molecule has 2 heterocycles. The van der Waals surface area contributed by atoms with E-state index in [1.807, 2.05) is 31.2 Å². The minimum atomic E-state index is -0.0543. The number of rotatable bonds is 7. The Morgan fingerprint density at radius 3 is 2.68 bits per heavy atom. The van der Waals surface area contributed by atoms with Gasteiger partial charge in [0, 0.05) is 45.6 Å². The van der Waals surface area contributed by atoms with E-state index in [-0.39, 0.29) is 30.8 Å². The molecule has 0 aliphatic carbocycles. The van der Waals surface area contributed by atoms with Crippen LogP contribution < -0.4 is 15.0 Å². The highest BCUT2D eigenvalue weighted by Gasteiger charge is 2.27. The third kappa shape index (κ3) is 5.69. The second-order valence-electron chi connectivity index (χ2n) is 7.75. The molecule has 1 aromatic rings. The number of amides is 2. The van der Waals surface area contributed by atoms with E-state index in [2.05, 4.69) is 22.2 Å². The minimum absolute atomic E-state index is 0.0322. The molecule has 2 amide bonds. The lowest BCUT2D eigenvalue weighted by Gasteiger charge is -2.33. The van der Waals surface area contributed by atoms with Gasteiger partial charge in [-0.1, -0.05) is 12.1 Å². The molecule has 3 rings (SSSR count). The van der Waals surface area contributed by atoms with Gasteiger partial charge in [-0.15, -0.1) is 0 Å². The van der Waals surface area contributed by atoms with Crippen LogP contribution in [-0.2, 0) is 9.59 Å². The summed E-state index contributed by atoms with van der Waals surface area (Å²) in [6.45, 7) is 8.55. The van der Waals surface area contributed by atoms with Crippen LogP contribution in [0.2, 0.25) is 0 Å². The predicted molar refractivity (Wildman–Crippen MR) is 110 cm³/mol. The first-order chi connectivity index (χ1) is 13.5. The Kier molecular flexibility index (Phi) is 7.28. The van der Waals surface area contributed by atoms with Crippen LogP contribution in [0.4, 0.5) is 5.69 Å². The average Bonchev–Trinajstić information content (AvgIpc) is 2.70. The second kappa shape index (κ2) is 9.89. The van der Waals surface area contributed by atoms with E-state index >= 15 is 0 Å². The van der Waals surface area contributed by atoms with E-state index in [0.29, 0.717) is 13.1 Å². The lowest BCUT2D eigenvalue weighted by atomic mass is 10.1. The first-order valence-corrected chi connectivity index (χ1v) is 10.3. The zero-order valence-electron chi connectivity index (χ0n) is 17.0. The number of hydrogen-bond donors (Lipinski definition) is 1. The van der Waals surface area contributed by atoms with Gasteiger partial charge < -0.3 is 24.8 Å². The van der Waals surface area contributed by atoms with Crippen molar-refractivity contribution in [3.8, 4) is 5.75 Å². The molecule has 0 unspecified atom stereocenters. The zero-order chi connectivity index (χ0) is 19.9. The van der Waals surface area contributed by atoms with E-state index in [1.54, 1.807) is 4.90 Å². The van der Waals surface area contributed by atoms with Crippen LogP contribution in [0.15, 0.2) is 24.3 Å². The molecule has 0 radical (unpaired) electrons. The fraction of sp³-hybridized carbons (Fsp3) is 0.619. The normalized spacial score (nSPS) is 20.4. The van der Waals surface area contributed by atoms with Crippen molar-refractivity contribution in [2.24, 2.45) is 0 Å². The molecule has 0 saturated carbocycles. The van der Waals surface area contributed by atoms with E-state index in [0.717, 1.165) is 50.6 Å². The van der Waals surface area contributed by atoms with Crippen LogP contribution >= 0.6 is 0 Å². The maximum atomic E-state index is 12.7. The third-order valence-electron chi connectivity index (χ3n) is 5.36. The smallest absolute Gasteiger partial charge is 0.227 e. The Bertz CT molecular complexity index is 673. The molecule has 7 nitrogen and oxygen atoms in total. The Morgan fingerprint density at radius 1 is 1.14 bits per heavy atom. The number of benzene rings is 1. The second-order valence-corrected chi connectivity index (χ2v) is 7.75. The van der Waals surface area contributed by atoms with Crippen molar-refractivity contribution < 1.29 is 14.3 Å². The van der Waals surface area contributed by atoms with E-state index in [9.17, 15) is 9.59 Å². The van der Waals surface area contributed by atoms with Crippen LogP contribution in [-0.4, -0.2) is 80.6 Å². The summed E-state index contributed by atoms with van der Waals surface area (Å²) in [5.41, 5.74) is 0.790.